The van der Waals surface area contributed by atoms with Crippen LogP contribution < -0.4 is 5.32 Å². The minimum absolute atomic E-state index is 0.0529. The topological polar surface area (TPSA) is 52.5 Å². The fourth-order valence-corrected chi connectivity index (χ4v) is 3.03. The lowest BCUT2D eigenvalue weighted by Crippen LogP contribution is -2.44. The van der Waals surface area contributed by atoms with Gasteiger partial charge in [-0.05, 0) is 31.1 Å². The number of aliphatic hydroxyl groups is 2. The van der Waals surface area contributed by atoms with Gasteiger partial charge in [0.15, 0.2) is 0 Å². The van der Waals surface area contributed by atoms with Crippen LogP contribution in [0.5, 0.6) is 0 Å². The van der Waals surface area contributed by atoms with Gasteiger partial charge >= 0.3 is 0 Å². The van der Waals surface area contributed by atoms with Gasteiger partial charge in [-0.2, -0.15) is 0 Å². The molecule has 15 heavy (non-hydrogen) atoms. The van der Waals surface area contributed by atoms with Gasteiger partial charge < -0.3 is 15.5 Å². The van der Waals surface area contributed by atoms with E-state index in [0.717, 1.165) is 18.4 Å². The van der Waals surface area contributed by atoms with Crippen molar-refractivity contribution in [2.75, 3.05) is 19.8 Å². The molecule has 3 atom stereocenters. The highest BCUT2D eigenvalue weighted by Crippen LogP contribution is 2.44. The van der Waals surface area contributed by atoms with E-state index in [2.05, 4.69) is 5.32 Å². The lowest BCUT2D eigenvalue weighted by molar-refractivity contribution is 0.0653. The maximum absolute atomic E-state index is 9.19. The van der Waals surface area contributed by atoms with E-state index in [1.165, 1.54) is 25.7 Å². The van der Waals surface area contributed by atoms with Gasteiger partial charge in [0.2, 0.25) is 0 Å². The summed E-state index contributed by atoms with van der Waals surface area (Å²) in [6.45, 7) is 2.76. The molecule has 0 amide bonds. The van der Waals surface area contributed by atoms with Gasteiger partial charge in [0.1, 0.15) is 0 Å². The molecule has 3 heteroatoms. The summed E-state index contributed by atoms with van der Waals surface area (Å²) in [7, 11) is 0. The van der Waals surface area contributed by atoms with Gasteiger partial charge in [-0.1, -0.05) is 13.3 Å². The molecule has 0 aromatic heterocycles. The zero-order valence-corrected chi connectivity index (χ0v) is 9.58. The molecular formula is C12H23NO2. The Morgan fingerprint density at radius 1 is 1.20 bits per heavy atom. The van der Waals surface area contributed by atoms with Gasteiger partial charge in [-0.3, -0.25) is 0 Å². The minimum atomic E-state index is -0.359. The normalized spacial score (nSPS) is 35.0. The van der Waals surface area contributed by atoms with E-state index in [1.807, 2.05) is 6.92 Å². The zero-order chi connectivity index (χ0) is 10.9. The molecule has 0 heterocycles. The average molecular weight is 213 g/mol. The van der Waals surface area contributed by atoms with Crippen molar-refractivity contribution < 1.29 is 10.2 Å². The average Bonchev–Trinajstić information content (AvgIpc) is 2.87. The van der Waals surface area contributed by atoms with E-state index in [4.69, 9.17) is 0 Å². The van der Waals surface area contributed by atoms with Gasteiger partial charge in [-0.15, -0.1) is 0 Å². The summed E-state index contributed by atoms with van der Waals surface area (Å²) in [5, 5.41) is 21.9. The molecule has 2 fully saturated rings. The summed E-state index contributed by atoms with van der Waals surface area (Å²) >= 11 is 0. The molecule has 0 saturated heterocycles. The van der Waals surface area contributed by atoms with Crippen molar-refractivity contribution in [1.29, 1.82) is 0 Å². The monoisotopic (exact) mass is 213 g/mol. The largest absolute Gasteiger partial charge is 0.396 e. The van der Waals surface area contributed by atoms with Gasteiger partial charge in [0.05, 0.1) is 13.2 Å². The third-order valence-corrected chi connectivity index (χ3v) is 4.29. The molecule has 3 nitrogen and oxygen atoms in total. The van der Waals surface area contributed by atoms with E-state index in [1.54, 1.807) is 0 Å². The minimum Gasteiger partial charge on any atom is -0.396 e. The van der Waals surface area contributed by atoms with Crippen LogP contribution in [0.1, 0.15) is 32.6 Å². The standard InChI is InChI=1S/C12H23NO2/c1-12(7-14,8-15)6-13-11-5-9-2-3-10(11)4-9/h9-11,13-15H,2-8H2,1H3. The Morgan fingerprint density at radius 3 is 2.40 bits per heavy atom. The Hall–Kier alpha value is -0.120. The van der Waals surface area contributed by atoms with E-state index in [0.29, 0.717) is 6.04 Å². The lowest BCUT2D eigenvalue weighted by atomic mass is 9.90. The molecule has 3 N–H and O–H groups in total. The smallest absolute Gasteiger partial charge is 0.0518 e. The third kappa shape index (κ3) is 2.35. The molecule has 2 aliphatic carbocycles. The van der Waals surface area contributed by atoms with Crippen molar-refractivity contribution in [3.05, 3.63) is 0 Å². The Balaban J connectivity index is 1.78. The van der Waals surface area contributed by atoms with Crippen molar-refractivity contribution in [3.8, 4) is 0 Å². The second-order valence-corrected chi connectivity index (χ2v) is 5.79. The second kappa shape index (κ2) is 4.40. The fourth-order valence-electron chi connectivity index (χ4n) is 3.03. The van der Waals surface area contributed by atoms with Gasteiger partial charge in [0.25, 0.3) is 0 Å². The number of nitrogens with one attached hydrogen (secondary N) is 1. The number of aliphatic hydroxyl groups excluding tert-OH is 2. The Labute approximate surface area is 91.9 Å². The van der Waals surface area contributed by atoms with Crippen LogP contribution in [0.15, 0.2) is 0 Å². The second-order valence-electron chi connectivity index (χ2n) is 5.79. The van der Waals surface area contributed by atoms with Crippen molar-refractivity contribution in [1.82, 2.24) is 5.32 Å². The summed E-state index contributed by atoms with van der Waals surface area (Å²) in [5.41, 5.74) is -0.359. The van der Waals surface area contributed by atoms with Crippen molar-refractivity contribution in [3.63, 3.8) is 0 Å². The molecule has 0 aromatic rings. The van der Waals surface area contributed by atoms with Crippen LogP contribution in [0.3, 0.4) is 0 Å². The Morgan fingerprint density at radius 2 is 1.93 bits per heavy atom. The first-order valence-corrected chi connectivity index (χ1v) is 6.12. The van der Waals surface area contributed by atoms with E-state index in [-0.39, 0.29) is 18.6 Å². The van der Waals surface area contributed by atoms with Crippen LogP contribution in [-0.2, 0) is 0 Å². The van der Waals surface area contributed by atoms with Crippen LogP contribution in [0.25, 0.3) is 0 Å². The van der Waals surface area contributed by atoms with Crippen LogP contribution in [0, 0.1) is 17.3 Å². The maximum Gasteiger partial charge on any atom is 0.0518 e. The molecule has 3 unspecified atom stereocenters. The molecule has 2 rings (SSSR count). The SMILES string of the molecule is CC(CO)(CO)CNC1CC2CCC1C2. The molecule has 0 aliphatic heterocycles. The predicted molar refractivity (Wildman–Crippen MR) is 59.5 cm³/mol. The molecule has 0 spiro atoms. The first kappa shape index (κ1) is 11.4. The van der Waals surface area contributed by atoms with E-state index < -0.39 is 0 Å². The summed E-state index contributed by atoms with van der Waals surface area (Å²) in [5.74, 6) is 1.80. The van der Waals surface area contributed by atoms with Crippen molar-refractivity contribution in [2.24, 2.45) is 17.3 Å². The van der Waals surface area contributed by atoms with Crippen LogP contribution in [0.2, 0.25) is 0 Å². The number of fused-ring (bicyclic) bond motifs is 2. The fraction of sp³-hybridized carbons (Fsp3) is 1.00. The highest BCUT2D eigenvalue weighted by Gasteiger charge is 2.39. The quantitative estimate of drug-likeness (QED) is 0.632. The third-order valence-electron chi connectivity index (χ3n) is 4.29. The summed E-state index contributed by atoms with van der Waals surface area (Å²) in [4.78, 5) is 0. The maximum atomic E-state index is 9.19. The van der Waals surface area contributed by atoms with Crippen LogP contribution in [0.4, 0.5) is 0 Å². The molecule has 2 aliphatic rings. The number of rotatable bonds is 5. The van der Waals surface area contributed by atoms with E-state index in [9.17, 15) is 10.2 Å². The molecule has 2 bridgehead atoms. The van der Waals surface area contributed by atoms with Crippen molar-refractivity contribution >= 4 is 0 Å². The first-order chi connectivity index (χ1) is 7.17. The number of hydrogen-bond acceptors (Lipinski definition) is 3. The van der Waals surface area contributed by atoms with Crippen molar-refractivity contribution in [2.45, 2.75) is 38.6 Å². The highest BCUT2D eigenvalue weighted by molar-refractivity contribution is 4.95. The molecular weight excluding hydrogens is 190 g/mol. The molecule has 88 valence electrons. The molecule has 0 aromatic carbocycles. The number of hydrogen-bond donors (Lipinski definition) is 3. The first-order valence-electron chi connectivity index (χ1n) is 6.12. The van der Waals surface area contributed by atoms with E-state index >= 15 is 0 Å². The summed E-state index contributed by atoms with van der Waals surface area (Å²) in [6.07, 6.45) is 5.49. The molecule has 0 radical (unpaired) electrons. The Bertz CT molecular complexity index is 216. The highest BCUT2D eigenvalue weighted by atomic mass is 16.3. The predicted octanol–water partition coefficient (Wildman–Crippen LogP) is 0.755. The van der Waals surface area contributed by atoms with Gasteiger partial charge in [0, 0.05) is 18.0 Å². The van der Waals surface area contributed by atoms with Crippen LogP contribution in [-0.4, -0.2) is 36.0 Å². The summed E-state index contributed by atoms with van der Waals surface area (Å²) in [6, 6.07) is 0.640. The van der Waals surface area contributed by atoms with Gasteiger partial charge in [-0.25, -0.2) is 0 Å². The Kier molecular flexibility index (Phi) is 3.33. The zero-order valence-electron chi connectivity index (χ0n) is 9.58. The van der Waals surface area contributed by atoms with Crippen LogP contribution >= 0.6 is 0 Å². The molecule has 2 saturated carbocycles. The summed E-state index contributed by atoms with van der Waals surface area (Å²) < 4.78 is 0. The lowest BCUT2D eigenvalue weighted by Gasteiger charge is -2.30.